The highest BCUT2D eigenvalue weighted by molar-refractivity contribution is 5.80. The van der Waals surface area contributed by atoms with E-state index in [9.17, 15) is 4.39 Å². The quantitative estimate of drug-likeness (QED) is 0.870. The molecule has 18 heavy (non-hydrogen) atoms. The van der Waals surface area contributed by atoms with Crippen LogP contribution in [0.3, 0.4) is 0 Å². The highest BCUT2D eigenvalue weighted by atomic mass is 19.1. The van der Waals surface area contributed by atoms with E-state index in [-0.39, 0.29) is 24.0 Å². The highest BCUT2D eigenvalue weighted by Crippen LogP contribution is 2.28. The minimum atomic E-state index is -0.215. The summed E-state index contributed by atoms with van der Waals surface area (Å²) in [5.74, 6) is 0.554. The number of nitrogens with two attached hydrogens (primary N) is 1. The highest BCUT2D eigenvalue weighted by Gasteiger charge is 2.35. The molecule has 0 bridgehead atoms. The number of aliphatic imine (C=N–C) groups is 1. The lowest BCUT2D eigenvalue weighted by Gasteiger charge is -2.26. The second kappa shape index (κ2) is 4.69. The molecule has 1 aliphatic carbocycles. The van der Waals surface area contributed by atoms with Crippen LogP contribution < -0.4 is 5.73 Å². The van der Waals surface area contributed by atoms with Gasteiger partial charge in [-0.15, -0.1) is 0 Å². The molecule has 1 aliphatic heterocycles. The Labute approximate surface area is 106 Å². The zero-order chi connectivity index (χ0) is 12.5. The van der Waals surface area contributed by atoms with E-state index in [1.54, 1.807) is 12.1 Å². The summed E-state index contributed by atoms with van der Waals surface area (Å²) in [5.41, 5.74) is 6.96. The van der Waals surface area contributed by atoms with Crippen molar-refractivity contribution >= 4 is 5.90 Å². The van der Waals surface area contributed by atoms with Crippen molar-refractivity contribution in [1.29, 1.82) is 0 Å². The van der Waals surface area contributed by atoms with Crippen LogP contribution in [0.25, 0.3) is 0 Å². The van der Waals surface area contributed by atoms with Crippen molar-refractivity contribution in [2.45, 2.75) is 43.9 Å². The van der Waals surface area contributed by atoms with Crippen molar-refractivity contribution in [3.63, 3.8) is 0 Å². The normalized spacial score (nSPS) is 30.6. The first-order chi connectivity index (χ1) is 8.70. The molecule has 3 unspecified atom stereocenters. The van der Waals surface area contributed by atoms with Crippen molar-refractivity contribution in [3.05, 3.63) is 35.6 Å². The Morgan fingerprint density at radius 2 is 2.06 bits per heavy atom. The molecule has 2 aliphatic rings. The van der Waals surface area contributed by atoms with Crippen molar-refractivity contribution < 1.29 is 9.13 Å². The van der Waals surface area contributed by atoms with Gasteiger partial charge in [-0.05, 0) is 30.5 Å². The van der Waals surface area contributed by atoms with Crippen LogP contribution in [0.2, 0.25) is 0 Å². The number of benzene rings is 1. The number of halogens is 1. The summed E-state index contributed by atoms with van der Waals surface area (Å²) in [4.78, 5) is 4.61. The molecular formula is C14H17FN2O. The Hall–Kier alpha value is -1.42. The fourth-order valence-corrected chi connectivity index (χ4v) is 2.67. The number of ether oxygens (including phenoxy) is 1. The minimum Gasteiger partial charge on any atom is -0.475 e. The van der Waals surface area contributed by atoms with E-state index in [4.69, 9.17) is 10.5 Å². The molecule has 0 amide bonds. The molecule has 1 fully saturated rings. The molecule has 0 spiro atoms. The standard InChI is InChI=1S/C14H17FN2O/c15-10-3-1-9(2-4-10)7-14-17-12-6-5-11(16)8-13(12)18-14/h1-4,11-13H,5-8,16H2. The monoisotopic (exact) mass is 248 g/mol. The lowest BCUT2D eigenvalue weighted by molar-refractivity contribution is 0.139. The van der Waals surface area contributed by atoms with E-state index in [2.05, 4.69) is 4.99 Å². The smallest absolute Gasteiger partial charge is 0.188 e. The predicted molar refractivity (Wildman–Crippen MR) is 68.0 cm³/mol. The van der Waals surface area contributed by atoms with E-state index in [0.29, 0.717) is 6.42 Å². The Balaban J connectivity index is 1.66. The molecule has 4 heteroatoms. The number of hydrogen-bond acceptors (Lipinski definition) is 3. The van der Waals surface area contributed by atoms with Crippen molar-refractivity contribution in [1.82, 2.24) is 0 Å². The lowest BCUT2D eigenvalue weighted by atomic mass is 9.90. The van der Waals surface area contributed by atoms with E-state index < -0.39 is 0 Å². The summed E-state index contributed by atoms with van der Waals surface area (Å²) in [7, 11) is 0. The topological polar surface area (TPSA) is 47.6 Å². The van der Waals surface area contributed by atoms with Crippen LogP contribution in [0, 0.1) is 5.82 Å². The summed E-state index contributed by atoms with van der Waals surface area (Å²) in [6, 6.07) is 7.00. The molecule has 3 rings (SSSR count). The van der Waals surface area contributed by atoms with Gasteiger partial charge in [-0.1, -0.05) is 12.1 Å². The van der Waals surface area contributed by atoms with Crippen LogP contribution in [-0.4, -0.2) is 24.1 Å². The largest absolute Gasteiger partial charge is 0.475 e. The minimum absolute atomic E-state index is 0.157. The molecule has 1 aromatic rings. The second-order valence-corrected chi connectivity index (χ2v) is 5.12. The van der Waals surface area contributed by atoms with Crippen LogP contribution in [0.1, 0.15) is 24.8 Å². The van der Waals surface area contributed by atoms with Gasteiger partial charge in [-0.2, -0.15) is 0 Å². The SMILES string of the molecule is NC1CCC2N=C(Cc3ccc(F)cc3)OC2C1. The maximum atomic E-state index is 12.8. The van der Waals surface area contributed by atoms with E-state index >= 15 is 0 Å². The second-order valence-electron chi connectivity index (χ2n) is 5.12. The first kappa shape index (κ1) is 11.7. The Kier molecular flexibility index (Phi) is 3.04. The molecule has 0 radical (unpaired) electrons. The van der Waals surface area contributed by atoms with E-state index in [0.717, 1.165) is 30.7 Å². The lowest BCUT2D eigenvalue weighted by Crippen LogP contribution is -2.38. The van der Waals surface area contributed by atoms with Gasteiger partial charge in [0.25, 0.3) is 0 Å². The van der Waals surface area contributed by atoms with Crippen LogP contribution in [-0.2, 0) is 11.2 Å². The average molecular weight is 248 g/mol. The maximum Gasteiger partial charge on any atom is 0.188 e. The molecule has 0 saturated heterocycles. The number of rotatable bonds is 2. The summed E-state index contributed by atoms with van der Waals surface area (Å²) in [6.07, 6.45) is 3.73. The van der Waals surface area contributed by atoms with Crippen LogP contribution in [0.5, 0.6) is 0 Å². The molecule has 1 saturated carbocycles. The molecule has 0 aromatic heterocycles. The molecule has 2 N–H and O–H groups in total. The fraction of sp³-hybridized carbons (Fsp3) is 0.500. The van der Waals surface area contributed by atoms with Crippen molar-refractivity contribution in [2.24, 2.45) is 10.7 Å². The van der Waals surface area contributed by atoms with Crippen molar-refractivity contribution in [2.75, 3.05) is 0 Å². The molecule has 3 nitrogen and oxygen atoms in total. The van der Waals surface area contributed by atoms with Gasteiger partial charge in [0.05, 0.1) is 6.04 Å². The third-order valence-electron chi connectivity index (χ3n) is 3.66. The Bertz CT molecular complexity index is 457. The Morgan fingerprint density at radius 1 is 1.28 bits per heavy atom. The van der Waals surface area contributed by atoms with Gasteiger partial charge in [-0.3, -0.25) is 0 Å². The van der Waals surface area contributed by atoms with Gasteiger partial charge in [0.2, 0.25) is 0 Å². The summed E-state index contributed by atoms with van der Waals surface area (Å²) >= 11 is 0. The van der Waals surface area contributed by atoms with E-state index in [1.807, 2.05) is 0 Å². The number of nitrogens with zero attached hydrogens (tertiary/aromatic N) is 1. The van der Waals surface area contributed by atoms with Crippen molar-refractivity contribution in [3.8, 4) is 0 Å². The van der Waals surface area contributed by atoms with Gasteiger partial charge < -0.3 is 10.5 Å². The summed E-state index contributed by atoms with van der Waals surface area (Å²) < 4.78 is 18.7. The van der Waals surface area contributed by atoms with Gasteiger partial charge in [0.1, 0.15) is 11.9 Å². The maximum absolute atomic E-state index is 12.8. The zero-order valence-electron chi connectivity index (χ0n) is 10.2. The number of fused-ring (bicyclic) bond motifs is 1. The number of hydrogen-bond donors (Lipinski definition) is 1. The van der Waals surface area contributed by atoms with Crippen LogP contribution in [0.4, 0.5) is 4.39 Å². The van der Waals surface area contributed by atoms with Gasteiger partial charge in [-0.25, -0.2) is 9.38 Å². The Morgan fingerprint density at radius 3 is 2.83 bits per heavy atom. The molecule has 3 atom stereocenters. The zero-order valence-corrected chi connectivity index (χ0v) is 10.2. The summed E-state index contributed by atoms with van der Waals surface area (Å²) in [6.45, 7) is 0. The van der Waals surface area contributed by atoms with Gasteiger partial charge in [0, 0.05) is 18.9 Å². The van der Waals surface area contributed by atoms with Gasteiger partial charge in [0.15, 0.2) is 5.90 Å². The molecule has 1 aromatic carbocycles. The average Bonchev–Trinajstić information content (AvgIpc) is 2.73. The van der Waals surface area contributed by atoms with Gasteiger partial charge >= 0.3 is 0 Å². The fourth-order valence-electron chi connectivity index (χ4n) is 2.67. The summed E-state index contributed by atoms with van der Waals surface area (Å²) in [5, 5.41) is 0. The van der Waals surface area contributed by atoms with E-state index in [1.165, 1.54) is 12.1 Å². The molecule has 1 heterocycles. The van der Waals surface area contributed by atoms with Crippen LogP contribution in [0.15, 0.2) is 29.3 Å². The third-order valence-corrected chi connectivity index (χ3v) is 3.66. The first-order valence-electron chi connectivity index (χ1n) is 6.44. The first-order valence-corrected chi connectivity index (χ1v) is 6.44. The van der Waals surface area contributed by atoms with Crippen LogP contribution >= 0.6 is 0 Å². The predicted octanol–water partition coefficient (Wildman–Crippen LogP) is 2.05. The molecular weight excluding hydrogens is 231 g/mol. The molecule has 96 valence electrons. The third kappa shape index (κ3) is 2.38.